The van der Waals surface area contributed by atoms with Crippen LogP contribution < -0.4 is 0 Å². The molecule has 0 amide bonds. The average Bonchev–Trinajstić information content (AvgIpc) is 2.82. The van der Waals surface area contributed by atoms with Crippen LogP contribution in [0.3, 0.4) is 0 Å². The lowest BCUT2D eigenvalue weighted by Crippen LogP contribution is -2.01. The van der Waals surface area contributed by atoms with Crippen LogP contribution in [0.25, 0.3) is 65.4 Å². The van der Waals surface area contributed by atoms with Crippen LogP contribution in [0.5, 0.6) is 0 Å². The first-order valence-corrected chi connectivity index (χ1v) is 11.9. The Hall–Kier alpha value is -3.55. The summed E-state index contributed by atoms with van der Waals surface area (Å²) in [7, 11) is 0. The van der Waals surface area contributed by atoms with Gasteiger partial charge in [0.05, 0.1) is 0 Å². The Kier molecular flexibility index (Phi) is 3.00. The van der Waals surface area contributed by atoms with Gasteiger partial charge in [0.2, 0.25) is 0 Å². The standard InChI is InChI=1S/C31H18S/c1-16-15-17(2)19-8-10-23-25-13-14-27-31-21(20-5-3-4-6-26(20)32-27)11-12-24(30(25)31)22-9-7-18(16)28(19)29(22)23/h3-14H,1-2,15H2. The summed E-state index contributed by atoms with van der Waals surface area (Å²) in [5, 5.41) is 10.9. The molecule has 2 aliphatic rings. The molecule has 0 unspecified atom stereocenters. The van der Waals surface area contributed by atoms with E-state index in [1.807, 2.05) is 11.8 Å². The van der Waals surface area contributed by atoms with E-state index in [0.29, 0.717) is 0 Å². The molecule has 6 aromatic carbocycles. The van der Waals surface area contributed by atoms with Gasteiger partial charge >= 0.3 is 0 Å². The molecule has 0 aromatic heterocycles. The van der Waals surface area contributed by atoms with E-state index in [1.54, 1.807) is 0 Å². The Balaban J connectivity index is 1.65. The van der Waals surface area contributed by atoms with Gasteiger partial charge in [-0.1, -0.05) is 85.6 Å². The summed E-state index contributed by atoms with van der Waals surface area (Å²) in [6, 6.07) is 27.3. The van der Waals surface area contributed by atoms with Crippen LogP contribution in [0.2, 0.25) is 0 Å². The third-order valence-electron chi connectivity index (χ3n) is 7.45. The van der Waals surface area contributed by atoms with E-state index in [2.05, 4.69) is 86.0 Å². The number of fused-ring (bicyclic) bond motifs is 4. The van der Waals surface area contributed by atoms with Gasteiger partial charge in [0.25, 0.3) is 0 Å². The van der Waals surface area contributed by atoms with Gasteiger partial charge in [-0.3, -0.25) is 0 Å². The molecule has 8 rings (SSSR count). The van der Waals surface area contributed by atoms with E-state index in [4.69, 9.17) is 0 Å². The summed E-state index contributed by atoms with van der Waals surface area (Å²) in [5.74, 6) is 0. The van der Waals surface area contributed by atoms with Crippen molar-refractivity contribution in [3.05, 3.63) is 97.1 Å². The summed E-state index contributed by atoms with van der Waals surface area (Å²) in [5.41, 5.74) is 7.62. The fourth-order valence-corrected chi connectivity index (χ4v) is 7.22. The molecule has 0 nitrogen and oxygen atoms in total. The fourth-order valence-electron chi connectivity index (χ4n) is 6.10. The molecule has 0 spiro atoms. The van der Waals surface area contributed by atoms with Crippen molar-refractivity contribution in [2.45, 2.75) is 16.2 Å². The lowest BCUT2D eigenvalue weighted by molar-refractivity contribution is 1.40. The molecule has 1 aliphatic carbocycles. The molecule has 0 fully saturated rings. The smallest absolute Gasteiger partial charge is 0.0207 e. The maximum atomic E-state index is 4.37. The normalized spacial score (nSPS) is 14.8. The molecule has 148 valence electrons. The molecule has 1 aliphatic heterocycles. The highest BCUT2D eigenvalue weighted by atomic mass is 32.2. The molecule has 6 aromatic rings. The van der Waals surface area contributed by atoms with Gasteiger partial charge in [-0.25, -0.2) is 0 Å². The Morgan fingerprint density at radius 3 is 1.72 bits per heavy atom. The van der Waals surface area contributed by atoms with Crippen molar-refractivity contribution >= 4 is 66.0 Å². The van der Waals surface area contributed by atoms with Crippen LogP contribution in [0.4, 0.5) is 0 Å². The van der Waals surface area contributed by atoms with Crippen molar-refractivity contribution in [1.29, 1.82) is 0 Å². The molecular weight excluding hydrogens is 404 g/mol. The summed E-state index contributed by atoms with van der Waals surface area (Å²) in [6.45, 7) is 8.75. The second-order valence-electron chi connectivity index (χ2n) is 9.08. The lowest BCUT2D eigenvalue weighted by atomic mass is 9.79. The lowest BCUT2D eigenvalue weighted by Gasteiger charge is -2.26. The number of allylic oxidation sites excluding steroid dienone is 2. The van der Waals surface area contributed by atoms with E-state index >= 15 is 0 Å². The Morgan fingerprint density at radius 1 is 0.469 bits per heavy atom. The van der Waals surface area contributed by atoms with Crippen LogP contribution >= 0.6 is 11.8 Å². The minimum absolute atomic E-state index is 0.857. The Labute approximate surface area is 190 Å². The molecule has 1 heterocycles. The topological polar surface area (TPSA) is 0 Å². The molecule has 0 atom stereocenters. The monoisotopic (exact) mass is 422 g/mol. The Bertz CT molecular complexity index is 1780. The van der Waals surface area contributed by atoms with Crippen LogP contribution in [-0.2, 0) is 0 Å². The van der Waals surface area contributed by atoms with Crippen molar-refractivity contribution in [1.82, 2.24) is 0 Å². The van der Waals surface area contributed by atoms with Gasteiger partial charge in [0, 0.05) is 15.2 Å². The quantitative estimate of drug-likeness (QED) is 0.173. The average molecular weight is 423 g/mol. The molecular formula is C31H18S. The number of hydrogen-bond donors (Lipinski definition) is 0. The zero-order chi connectivity index (χ0) is 21.1. The predicted molar refractivity (Wildman–Crippen MR) is 140 cm³/mol. The third-order valence-corrected chi connectivity index (χ3v) is 8.59. The molecule has 0 saturated heterocycles. The van der Waals surface area contributed by atoms with Crippen molar-refractivity contribution in [2.75, 3.05) is 0 Å². The van der Waals surface area contributed by atoms with Crippen molar-refractivity contribution < 1.29 is 0 Å². The highest BCUT2D eigenvalue weighted by Gasteiger charge is 2.25. The van der Waals surface area contributed by atoms with Gasteiger partial charge in [0.1, 0.15) is 0 Å². The highest BCUT2D eigenvalue weighted by Crippen LogP contribution is 2.53. The number of rotatable bonds is 0. The minimum atomic E-state index is 0.857. The SMILES string of the molecule is C=C1CC(=C)c2ccc3c4ccc5c6c(ccc(c7ccc1c2c73)c64)Sc1ccccc1-5. The minimum Gasteiger partial charge on any atom is -0.0949 e. The molecule has 32 heavy (non-hydrogen) atoms. The second-order valence-corrected chi connectivity index (χ2v) is 10.2. The largest absolute Gasteiger partial charge is 0.0949 e. The molecule has 0 radical (unpaired) electrons. The molecule has 1 heteroatoms. The first-order chi connectivity index (χ1) is 15.7. The third kappa shape index (κ3) is 1.88. The van der Waals surface area contributed by atoms with E-state index in [0.717, 1.165) is 6.42 Å². The van der Waals surface area contributed by atoms with E-state index in [1.165, 1.54) is 86.3 Å². The van der Waals surface area contributed by atoms with Crippen LogP contribution in [-0.4, -0.2) is 0 Å². The van der Waals surface area contributed by atoms with Gasteiger partial charge in [-0.15, -0.1) is 0 Å². The summed E-state index contributed by atoms with van der Waals surface area (Å²) < 4.78 is 0. The van der Waals surface area contributed by atoms with Crippen molar-refractivity contribution in [3.8, 4) is 11.1 Å². The van der Waals surface area contributed by atoms with Gasteiger partial charge in [-0.2, -0.15) is 0 Å². The predicted octanol–water partition coefficient (Wildman–Crippen LogP) is 9.30. The summed E-state index contributed by atoms with van der Waals surface area (Å²) in [4.78, 5) is 2.70. The highest BCUT2D eigenvalue weighted by molar-refractivity contribution is 7.99. The first kappa shape index (κ1) is 17.1. The van der Waals surface area contributed by atoms with E-state index < -0.39 is 0 Å². The van der Waals surface area contributed by atoms with Crippen LogP contribution in [0, 0.1) is 0 Å². The number of benzene rings is 6. The molecule has 0 saturated carbocycles. The van der Waals surface area contributed by atoms with Gasteiger partial charge in [0.15, 0.2) is 0 Å². The van der Waals surface area contributed by atoms with Crippen molar-refractivity contribution in [2.24, 2.45) is 0 Å². The zero-order valence-corrected chi connectivity index (χ0v) is 18.3. The summed E-state index contributed by atoms with van der Waals surface area (Å²) >= 11 is 1.90. The second kappa shape index (κ2) is 5.62. The maximum Gasteiger partial charge on any atom is 0.0207 e. The van der Waals surface area contributed by atoms with Gasteiger partial charge < -0.3 is 0 Å². The van der Waals surface area contributed by atoms with Crippen LogP contribution in [0.1, 0.15) is 17.5 Å². The zero-order valence-electron chi connectivity index (χ0n) is 17.5. The first-order valence-electron chi connectivity index (χ1n) is 11.0. The fraction of sp³-hybridized carbons (Fsp3) is 0.0323. The van der Waals surface area contributed by atoms with E-state index in [9.17, 15) is 0 Å². The van der Waals surface area contributed by atoms with Crippen molar-refractivity contribution in [3.63, 3.8) is 0 Å². The summed E-state index contributed by atoms with van der Waals surface area (Å²) in [6.07, 6.45) is 0.857. The molecule has 0 N–H and O–H groups in total. The number of hydrogen-bond acceptors (Lipinski definition) is 1. The molecule has 0 bridgehead atoms. The van der Waals surface area contributed by atoms with E-state index in [-0.39, 0.29) is 0 Å². The van der Waals surface area contributed by atoms with Crippen LogP contribution in [0.15, 0.2) is 95.7 Å². The Morgan fingerprint density at radius 2 is 1.03 bits per heavy atom. The van der Waals surface area contributed by atoms with Gasteiger partial charge in [-0.05, 0) is 89.7 Å². The maximum absolute atomic E-state index is 4.37.